The van der Waals surface area contributed by atoms with Gasteiger partial charge in [-0.25, -0.2) is 4.79 Å². The summed E-state index contributed by atoms with van der Waals surface area (Å²) >= 11 is 0. The lowest BCUT2D eigenvalue weighted by atomic mass is 9.80. The molecule has 250 valence electrons. The molecule has 9 heteroatoms. The Labute approximate surface area is 277 Å². The van der Waals surface area contributed by atoms with Crippen LogP contribution >= 0.6 is 0 Å². The zero-order valence-electron chi connectivity index (χ0n) is 27.5. The number of methoxy groups -OCH3 is 2. The fourth-order valence-corrected chi connectivity index (χ4v) is 4.99. The fraction of sp³-hybridized carbons (Fsp3) is 0.342. The van der Waals surface area contributed by atoms with Crippen LogP contribution in [-0.4, -0.2) is 85.1 Å². The molecule has 0 atom stereocenters. The van der Waals surface area contributed by atoms with E-state index in [0.29, 0.717) is 52.8 Å². The molecule has 0 N–H and O–H groups in total. The van der Waals surface area contributed by atoms with Gasteiger partial charge in [0.25, 0.3) is 0 Å². The molecule has 4 rings (SSSR count). The maximum atomic E-state index is 12.1. The van der Waals surface area contributed by atoms with Crippen molar-refractivity contribution < 1.29 is 38.0 Å². The van der Waals surface area contributed by atoms with Crippen molar-refractivity contribution in [2.75, 3.05) is 74.1 Å². The van der Waals surface area contributed by atoms with Crippen molar-refractivity contribution in [3.8, 4) is 11.5 Å². The van der Waals surface area contributed by atoms with Crippen molar-refractivity contribution in [2.24, 2.45) is 0 Å². The number of carbonyl (C=O) groups excluding carboxylic acids is 1. The van der Waals surface area contributed by atoms with Crippen LogP contribution in [0.5, 0.6) is 11.5 Å². The van der Waals surface area contributed by atoms with E-state index in [0.717, 1.165) is 33.8 Å². The van der Waals surface area contributed by atoms with Gasteiger partial charge in [-0.2, -0.15) is 0 Å². The number of amides is 1. The Morgan fingerprint density at radius 3 is 1.53 bits per heavy atom. The summed E-state index contributed by atoms with van der Waals surface area (Å²) in [4.78, 5) is 13.6. The van der Waals surface area contributed by atoms with Crippen LogP contribution in [0, 0.1) is 0 Å². The molecule has 0 fully saturated rings. The van der Waals surface area contributed by atoms with E-state index in [1.807, 2.05) is 97.1 Å². The first-order valence-corrected chi connectivity index (χ1v) is 15.7. The number of carbonyl (C=O) groups is 1. The molecule has 0 aliphatic carbocycles. The molecular formula is C38H45NO8. The molecule has 4 aromatic rings. The Hall–Kier alpha value is -4.41. The van der Waals surface area contributed by atoms with Crippen LogP contribution in [0.15, 0.2) is 109 Å². The van der Waals surface area contributed by atoms with Crippen molar-refractivity contribution in [1.82, 2.24) is 4.90 Å². The van der Waals surface area contributed by atoms with Gasteiger partial charge in [0, 0.05) is 13.6 Å². The number of nitrogens with zero attached hydrogens (tertiary/aromatic N) is 1. The predicted molar refractivity (Wildman–Crippen MR) is 180 cm³/mol. The van der Waals surface area contributed by atoms with Crippen molar-refractivity contribution in [1.29, 1.82) is 0 Å². The highest BCUT2D eigenvalue weighted by atomic mass is 16.6. The molecule has 0 radical (unpaired) electrons. The average Bonchev–Trinajstić information content (AvgIpc) is 3.13. The van der Waals surface area contributed by atoms with Crippen molar-refractivity contribution in [3.63, 3.8) is 0 Å². The highest BCUT2D eigenvalue weighted by Gasteiger charge is 2.37. The van der Waals surface area contributed by atoms with Crippen LogP contribution in [0.4, 0.5) is 4.79 Å². The van der Waals surface area contributed by atoms with Crippen LogP contribution in [-0.2, 0) is 35.9 Å². The molecule has 0 aliphatic rings. The molecule has 0 bridgehead atoms. The summed E-state index contributed by atoms with van der Waals surface area (Å²) in [6.45, 7) is 3.47. The normalized spacial score (nSPS) is 11.2. The second-order valence-electron chi connectivity index (χ2n) is 10.7. The van der Waals surface area contributed by atoms with Gasteiger partial charge in [-0.3, -0.25) is 0 Å². The van der Waals surface area contributed by atoms with E-state index >= 15 is 0 Å². The monoisotopic (exact) mass is 643 g/mol. The minimum Gasteiger partial charge on any atom is -0.497 e. The Balaban J connectivity index is 1.19. The fourth-order valence-electron chi connectivity index (χ4n) is 4.99. The third-order valence-corrected chi connectivity index (χ3v) is 7.55. The Morgan fingerprint density at radius 2 is 1.02 bits per heavy atom. The minimum absolute atomic E-state index is 0.242. The van der Waals surface area contributed by atoms with Crippen LogP contribution < -0.4 is 9.47 Å². The van der Waals surface area contributed by atoms with Gasteiger partial charge >= 0.3 is 6.09 Å². The Bertz CT molecular complexity index is 1390. The molecule has 0 aliphatic heterocycles. The van der Waals surface area contributed by atoms with Gasteiger partial charge in [-0.05, 0) is 46.5 Å². The number of ether oxygens (including phenoxy) is 7. The maximum absolute atomic E-state index is 12.1. The molecule has 0 spiro atoms. The van der Waals surface area contributed by atoms with Gasteiger partial charge in [0.2, 0.25) is 0 Å². The third kappa shape index (κ3) is 10.6. The first kappa shape index (κ1) is 35.4. The Morgan fingerprint density at radius 1 is 0.574 bits per heavy atom. The molecule has 4 aromatic carbocycles. The third-order valence-electron chi connectivity index (χ3n) is 7.55. The highest BCUT2D eigenvalue weighted by Crippen LogP contribution is 2.41. The molecular weight excluding hydrogens is 598 g/mol. The lowest BCUT2D eigenvalue weighted by Gasteiger charge is -2.36. The van der Waals surface area contributed by atoms with Gasteiger partial charge in [0.1, 0.15) is 23.7 Å². The molecule has 0 aromatic heterocycles. The largest absolute Gasteiger partial charge is 0.497 e. The summed E-state index contributed by atoms with van der Waals surface area (Å²) in [5.41, 5.74) is 2.99. The molecule has 9 nitrogen and oxygen atoms in total. The molecule has 47 heavy (non-hydrogen) atoms. The van der Waals surface area contributed by atoms with Gasteiger partial charge < -0.3 is 38.1 Å². The smallest absolute Gasteiger partial charge is 0.409 e. The lowest BCUT2D eigenvalue weighted by Crippen LogP contribution is -2.34. The molecule has 1 amide bonds. The van der Waals surface area contributed by atoms with Crippen molar-refractivity contribution >= 4 is 6.09 Å². The second kappa shape index (κ2) is 19.3. The van der Waals surface area contributed by atoms with Crippen LogP contribution in [0.25, 0.3) is 0 Å². The SMILES string of the molecule is COc1ccc(C(OCCOCCOCCOCCN(C)C(=O)OCc2ccccc2)(c2ccccc2)c2ccc(OC)cc2)cc1. The number of likely N-dealkylation sites (N-methyl/N-ethyl adjacent to an activating group) is 1. The summed E-state index contributed by atoms with van der Waals surface area (Å²) in [6.07, 6.45) is -0.385. The van der Waals surface area contributed by atoms with Crippen LogP contribution in [0.3, 0.4) is 0 Å². The standard InChI is InChI=1S/C38H45NO8/c1-39(37(40)46-30-31-10-6-4-7-11-31)22-23-43-24-25-44-26-27-45-28-29-47-38(32-12-8-5-9-13-32,33-14-18-35(41-2)19-15-33)34-16-20-36(42-3)21-17-34/h4-21H,22-30H2,1-3H3. The maximum Gasteiger partial charge on any atom is 0.409 e. The number of hydrogen-bond acceptors (Lipinski definition) is 8. The first-order valence-electron chi connectivity index (χ1n) is 15.7. The summed E-state index contributed by atoms with van der Waals surface area (Å²) in [6, 6.07) is 35.6. The van der Waals surface area contributed by atoms with Gasteiger partial charge in [0.15, 0.2) is 0 Å². The van der Waals surface area contributed by atoms with Crippen LogP contribution in [0.1, 0.15) is 22.3 Å². The molecule has 0 saturated heterocycles. The minimum atomic E-state index is -0.885. The number of benzene rings is 4. The zero-order chi connectivity index (χ0) is 33.2. The van der Waals surface area contributed by atoms with Crippen molar-refractivity contribution in [3.05, 3.63) is 131 Å². The van der Waals surface area contributed by atoms with Gasteiger partial charge in [-0.15, -0.1) is 0 Å². The second-order valence-corrected chi connectivity index (χ2v) is 10.7. The molecule has 0 heterocycles. The van der Waals surface area contributed by atoms with E-state index in [1.54, 1.807) is 21.3 Å². The number of hydrogen-bond donors (Lipinski definition) is 0. The van der Waals surface area contributed by atoms with Gasteiger partial charge in [0.05, 0.1) is 60.5 Å². The van der Waals surface area contributed by atoms with Gasteiger partial charge in [-0.1, -0.05) is 84.9 Å². The van der Waals surface area contributed by atoms with E-state index in [1.165, 1.54) is 4.90 Å². The van der Waals surface area contributed by atoms with Crippen molar-refractivity contribution in [2.45, 2.75) is 12.2 Å². The molecule has 0 unspecified atom stereocenters. The summed E-state index contributed by atoms with van der Waals surface area (Å²) in [5.74, 6) is 1.54. The number of rotatable bonds is 20. The summed E-state index contributed by atoms with van der Waals surface area (Å²) in [7, 11) is 5.00. The van der Waals surface area contributed by atoms with E-state index in [2.05, 4.69) is 12.1 Å². The summed E-state index contributed by atoms with van der Waals surface area (Å²) < 4.78 is 40.1. The predicted octanol–water partition coefficient (Wildman–Crippen LogP) is 6.33. The van der Waals surface area contributed by atoms with E-state index in [4.69, 9.17) is 33.2 Å². The average molecular weight is 644 g/mol. The zero-order valence-corrected chi connectivity index (χ0v) is 27.5. The first-order chi connectivity index (χ1) is 23.1. The lowest BCUT2D eigenvalue weighted by molar-refractivity contribution is -0.0371. The van der Waals surface area contributed by atoms with E-state index < -0.39 is 5.60 Å². The highest BCUT2D eigenvalue weighted by molar-refractivity contribution is 5.67. The topological polar surface area (TPSA) is 84.9 Å². The Kier molecular flexibility index (Phi) is 14.6. The van der Waals surface area contributed by atoms with E-state index in [9.17, 15) is 4.79 Å². The summed E-state index contributed by atoms with van der Waals surface area (Å²) in [5, 5.41) is 0. The quantitative estimate of drug-likeness (QED) is 0.0816. The van der Waals surface area contributed by atoms with E-state index in [-0.39, 0.29) is 12.7 Å². The molecule has 0 saturated carbocycles. The van der Waals surface area contributed by atoms with Crippen LogP contribution in [0.2, 0.25) is 0 Å².